The SMILES string of the molecule is CN1CCOC(CNC(=O)NCCCCC(=O)O)C1. The predicted molar refractivity (Wildman–Crippen MR) is 70.1 cm³/mol. The lowest BCUT2D eigenvalue weighted by atomic mass is 10.2. The highest BCUT2D eigenvalue weighted by Crippen LogP contribution is 2.01. The summed E-state index contributed by atoms with van der Waals surface area (Å²) in [6.07, 6.45) is 1.43. The van der Waals surface area contributed by atoms with Crippen LogP contribution in [0.15, 0.2) is 0 Å². The molecule has 0 aromatic carbocycles. The average Bonchev–Trinajstić information content (AvgIpc) is 2.35. The zero-order valence-corrected chi connectivity index (χ0v) is 11.4. The third-order valence-corrected chi connectivity index (χ3v) is 2.94. The van der Waals surface area contributed by atoms with Crippen LogP contribution in [0.1, 0.15) is 19.3 Å². The molecule has 1 aliphatic heterocycles. The normalized spacial score (nSPS) is 19.9. The Bertz CT molecular complexity index is 299. The van der Waals surface area contributed by atoms with Crippen LogP contribution in [-0.2, 0) is 9.53 Å². The van der Waals surface area contributed by atoms with E-state index in [9.17, 15) is 9.59 Å². The minimum absolute atomic E-state index is 0.0384. The molecule has 0 bridgehead atoms. The van der Waals surface area contributed by atoms with Crippen LogP contribution in [0.5, 0.6) is 0 Å². The van der Waals surface area contributed by atoms with Crippen LogP contribution in [0, 0.1) is 0 Å². The Morgan fingerprint density at radius 1 is 1.37 bits per heavy atom. The van der Waals surface area contributed by atoms with Gasteiger partial charge in [-0.25, -0.2) is 4.79 Å². The molecule has 7 heteroatoms. The maximum atomic E-state index is 11.5. The van der Waals surface area contributed by atoms with Gasteiger partial charge >= 0.3 is 12.0 Å². The molecule has 1 saturated heterocycles. The van der Waals surface area contributed by atoms with Crippen LogP contribution in [0.4, 0.5) is 4.79 Å². The number of unbranched alkanes of at least 4 members (excludes halogenated alkanes) is 1. The number of morpholine rings is 1. The van der Waals surface area contributed by atoms with E-state index in [2.05, 4.69) is 15.5 Å². The molecule has 2 amide bonds. The number of nitrogens with zero attached hydrogens (tertiary/aromatic N) is 1. The summed E-state index contributed by atoms with van der Waals surface area (Å²) < 4.78 is 5.52. The van der Waals surface area contributed by atoms with Crippen LogP contribution >= 0.6 is 0 Å². The van der Waals surface area contributed by atoms with Gasteiger partial charge in [0.15, 0.2) is 0 Å². The monoisotopic (exact) mass is 273 g/mol. The number of urea groups is 1. The van der Waals surface area contributed by atoms with E-state index in [0.717, 1.165) is 13.1 Å². The summed E-state index contributed by atoms with van der Waals surface area (Å²) >= 11 is 0. The quantitative estimate of drug-likeness (QED) is 0.562. The first kappa shape index (κ1) is 15.7. The number of amides is 2. The predicted octanol–water partition coefficient (Wildman–Crippen LogP) is -0.129. The smallest absolute Gasteiger partial charge is 0.314 e. The van der Waals surface area contributed by atoms with Gasteiger partial charge < -0.3 is 25.4 Å². The van der Waals surface area contributed by atoms with Gasteiger partial charge in [-0.2, -0.15) is 0 Å². The first-order valence-corrected chi connectivity index (χ1v) is 6.61. The minimum Gasteiger partial charge on any atom is -0.481 e. The number of carbonyl (C=O) groups excluding carboxylic acids is 1. The lowest BCUT2D eigenvalue weighted by molar-refractivity contribution is -0.137. The number of likely N-dealkylation sites (N-methyl/N-ethyl adjacent to an activating group) is 1. The Morgan fingerprint density at radius 2 is 2.16 bits per heavy atom. The third kappa shape index (κ3) is 7.63. The highest BCUT2D eigenvalue weighted by atomic mass is 16.5. The summed E-state index contributed by atoms with van der Waals surface area (Å²) in [6, 6.07) is -0.229. The van der Waals surface area contributed by atoms with Crippen molar-refractivity contribution in [1.82, 2.24) is 15.5 Å². The van der Waals surface area contributed by atoms with Gasteiger partial charge in [-0.3, -0.25) is 4.79 Å². The third-order valence-electron chi connectivity index (χ3n) is 2.94. The molecule has 1 unspecified atom stereocenters. The molecular weight excluding hydrogens is 250 g/mol. The second-order valence-electron chi connectivity index (χ2n) is 4.74. The van der Waals surface area contributed by atoms with Gasteiger partial charge in [0.1, 0.15) is 0 Å². The number of rotatable bonds is 7. The summed E-state index contributed by atoms with van der Waals surface area (Å²) in [5.74, 6) is -0.803. The van der Waals surface area contributed by atoms with Crippen molar-refractivity contribution in [3.8, 4) is 0 Å². The second-order valence-corrected chi connectivity index (χ2v) is 4.74. The van der Waals surface area contributed by atoms with Crippen molar-refractivity contribution in [1.29, 1.82) is 0 Å². The molecule has 1 fully saturated rings. The molecule has 0 saturated carbocycles. The number of hydrogen-bond donors (Lipinski definition) is 3. The molecule has 1 rings (SSSR count). The van der Waals surface area contributed by atoms with E-state index in [1.807, 2.05) is 7.05 Å². The van der Waals surface area contributed by atoms with Crippen molar-refractivity contribution in [3.05, 3.63) is 0 Å². The molecule has 3 N–H and O–H groups in total. The molecule has 7 nitrogen and oxygen atoms in total. The number of ether oxygens (including phenoxy) is 1. The summed E-state index contributed by atoms with van der Waals surface area (Å²) in [6.45, 7) is 3.42. The largest absolute Gasteiger partial charge is 0.481 e. The van der Waals surface area contributed by atoms with Crippen LogP contribution in [-0.4, -0.2) is 67.9 Å². The minimum atomic E-state index is -0.803. The summed E-state index contributed by atoms with van der Waals surface area (Å²) in [5.41, 5.74) is 0. The highest BCUT2D eigenvalue weighted by Gasteiger charge is 2.17. The van der Waals surface area contributed by atoms with E-state index in [1.54, 1.807) is 0 Å². The Hall–Kier alpha value is -1.34. The standard InChI is InChI=1S/C12H23N3O4/c1-15-6-7-19-10(9-15)8-14-12(18)13-5-3-2-4-11(16)17/h10H,2-9H2,1H3,(H,16,17)(H2,13,14,18). The summed E-state index contributed by atoms with van der Waals surface area (Å²) in [5, 5.41) is 13.9. The molecule has 1 aliphatic rings. The zero-order valence-electron chi connectivity index (χ0n) is 11.4. The Balaban J connectivity index is 2.00. The molecule has 0 radical (unpaired) electrons. The first-order chi connectivity index (χ1) is 9.08. The maximum absolute atomic E-state index is 11.5. The molecule has 110 valence electrons. The van der Waals surface area contributed by atoms with Crippen molar-refractivity contribution < 1.29 is 19.4 Å². The van der Waals surface area contributed by atoms with Gasteiger partial charge in [-0.15, -0.1) is 0 Å². The average molecular weight is 273 g/mol. The van der Waals surface area contributed by atoms with E-state index in [-0.39, 0.29) is 18.6 Å². The zero-order chi connectivity index (χ0) is 14.1. The fourth-order valence-corrected chi connectivity index (χ4v) is 1.86. The van der Waals surface area contributed by atoms with Crippen LogP contribution in [0.3, 0.4) is 0 Å². The van der Waals surface area contributed by atoms with Gasteiger partial charge in [-0.1, -0.05) is 0 Å². The van der Waals surface area contributed by atoms with E-state index < -0.39 is 5.97 Å². The highest BCUT2D eigenvalue weighted by molar-refractivity contribution is 5.73. The van der Waals surface area contributed by atoms with Gasteiger partial charge in [0.25, 0.3) is 0 Å². The summed E-state index contributed by atoms with van der Waals surface area (Å²) in [7, 11) is 2.03. The van der Waals surface area contributed by atoms with E-state index >= 15 is 0 Å². The van der Waals surface area contributed by atoms with Gasteiger partial charge in [0.2, 0.25) is 0 Å². The molecule has 0 aromatic rings. The Labute approximate surface area is 113 Å². The van der Waals surface area contributed by atoms with Crippen molar-refractivity contribution in [3.63, 3.8) is 0 Å². The van der Waals surface area contributed by atoms with Crippen molar-refractivity contribution in [2.75, 3.05) is 39.8 Å². The summed E-state index contributed by atoms with van der Waals surface area (Å²) in [4.78, 5) is 23.9. The fourth-order valence-electron chi connectivity index (χ4n) is 1.86. The Morgan fingerprint density at radius 3 is 2.84 bits per heavy atom. The molecule has 1 atom stereocenters. The molecule has 1 heterocycles. The molecular formula is C12H23N3O4. The number of carboxylic acids is 1. The molecule has 0 spiro atoms. The van der Waals surface area contributed by atoms with Gasteiger partial charge in [-0.05, 0) is 19.9 Å². The van der Waals surface area contributed by atoms with Crippen LogP contribution < -0.4 is 10.6 Å². The first-order valence-electron chi connectivity index (χ1n) is 6.61. The van der Waals surface area contributed by atoms with E-state index in [4.69, 9.17) is 9.84 Å². The van der Waals surface area contributed by atoms with Crippen molar-refractivity contribution in [2.45, 2.75) is 25.4 Å². The topological polar surface area (TPSA) is 90.9 Å². The van der Waals surface area contributed by atoms with Crippen molar-refractivity contribution >= 4 is 12.0 Å². The van der Waals surface area contributed by atoms with Gasteiger partial charge in [0.05, 0.1) is 12.7 Å². The maximum Gasteiger partial charge on any atom is 0.314 e. The molecule has 0 aromatic heterocycles. The lowest BCUT2D eigenvalue weighted by Crippen LogP contribution is -2.47. The van der Waals surface area contributed by atoms with Crippen molar-refractivity contribution in [2.24, 2.45) is 0 Å². The fraction of sp³-hybridized carbons (Fsp3) is 0.833. The van der Waals surface area contributed by atoms with Gasteiger partial charge in [0, 0.05) is 32.6 Å². The Kier molecular flexibility index (Phi) is 7.20. The number of carboxylic acid groups (broad SMARTS) is 1. The molecule has 0 aliphatic carbocycles. The lowest BCUT2D eigenvalue weighted by Gasteiger charge is -2.30. The van der Waals surface area contributed by atoms with Crippen LogP contribution in [0.25, 0.3) is 0 Å². The number of nitrogens with one attached hydrogen (secondary N) is 2. The van der Waals surface area contributed by atoms with E-state index in [1.165, 1.54) is 0 Å². The molecule has 19 heavy (non-hydrogen) atoms. The van der Waals surface area contributed by atoms with E-state index in [0.29, 0.717) is 32.5 Å². The number of hydrogen-bond acceptors (Lipinski definition) is 4. The van der Waals surface area contributed by atoms with Crippen LogP contribution in [0.2, 0.25) is 0 Å². The number of aliphatic carboxylic acids is 1. The number of carbonyl (C=O) groups is 2. The second kappa shape index (κ2) is 8.71.